The molecule has 1 saturated heterocycles. The molecule has 1 N–H and O–H groups in total. The van der Waals surface area contributed by atoms with Crippen LogP contribution < -0.4 is 0 Å². The molecule has 3 heteroatoms. The third-order valence-corrected chi connectivity index (χ3v) is 5.59. The molecule has 2 aliphatic rings. The number of nitrogens with zero attached hydrogens (tertiary/aromatic N) is 1. The highest BCUT2D eigenvalue weighted by Gasteiger charge is 2.36. The molecule has 0 aromatic rings. The summed E-state index contributed by atoms with van der Waals surface area (Å²) in [5, 5.41) is 10.4. The lowest BCUT2D eigenvalue weighted by molar-refractivity contribution is -0.00481. The molecule has 0 amide bonds. The van der Waals surface area contributed by atoms with Crippen LogP contribution in [0.15, 0.2) is 0 Å². The molecule has 21 heavy (non-hydrogen) atoms. The molecule has 4 atom stereocenters. The number of aliphatic hydroxyl groups is 1. The molecule has 2 rings (SSSR count). The van der Waals surface area contributed by atoms with Gasteiger partial charge in [-0.3, -0.25) is 0 Å². The summed E-state index contributed by atoms with van der Waals surface area (Å²) in [4.78, 5) is 2.49. The highest BCUT2D eigenvalue weighted by atomic mass is 16.5. The smallest absolute Gasteiger partial charge is 0.0702 e. The van der Waals surface area contributed by atoms with E-state index in [9.17, 15) is 5.11 Å². The van der Waals surface area contributed by atoms with Gasteiger partial charge in [-0.1, -0.05) is 27.7 Å². The van der Waals surface area contributed by atoms with Crippen LogP contribution in [-0.4, -0.2) is 48.5 Å². The summed E-state index contributed by atoms with van der Waals surface area (Å²) < 4.78 is 5.77. The first-order valence-electron chi connectivity index (χ1n) is 8.92. The second-order valence-corrected chi connectivity index (χ2v) is 8.19. The zero-order chi connectivity index (χ0) is 15.5. The van der Waals surface area contributed by atoms with Crippen molar-refractivity contribution >= 4 is 0 Å². The summed E-state index contributed by atoms with van der Waals surface area (Å²) in [6, 6.07) is 0. The van der Waals surface area contributed by atoms with Crippen molar-refractivity contribution in [1.82, 2.24) is 4.90 Å². The molecule has 0 aromatic carbocycles. The van der Waals surface area contributed by atoms with Crippen LogP contribution in [0.2, 0.25) is 0 Å². The molecule has 1 aliphatic heterocycles. The predicted molar refractivity (Wildman–Crippen MR) is 87.4 cm³/mol. The van der Waals surface area contributed by atoms with Crippen molar-refractivity contribution in [3.63, 3.8) is 0 Å². The first-order valence-corrected chi connectivity index (χ1v) is 8.92. The Bertz CT molecular complexity index is 307. The lowest BCUT2D eigenvalue weighted by Crippen LogP contribution is -2.43. The van der Waals surface area contributed by atoms with Crippen LogP contribution in [0.1, 0.15) is 59.8 Å². The van der Waals surface area contributed by atoms with E-state index in [4.69, 9.17) is 4.74 Å². The van der Waals surface area contributed by atoms with E-state index in [0.29, 0.717) is 17.4 Å². The van der Waals surface area contributed by atoms with Crippen molar-refractivity contribution < 1.29 is 9.84 Å². The third-order valence-electron chi connectivity index (χ3n) is 5.59. The van der Waals surface area contributed by atoms with E-state index >= 15 is 0 Å². The van der Waals surface area contributed by atoms with Gasteiger partial charge in [0.25, 0.3) is 0 Å². The molecular formula is C18H35NO2. The van der Waals surface area contributed by atoms with Gasteiger partial charge in [0.15, 0.2) is 0 Å². The van der Waals surface area contributed by atoms with Crippen LogP contribution in [0, 0.1) is 17.3 Å². The molecule has 0 radical (unpaired) electrons. The van der Waals surface area contributed by atoms with Gasteiger partial charge >= 0.3 is 0 Å². The summed E-state index contributed by atoms with van der Waals surface area (Å²) in [7, 11) is 0. The van der Waals surface area contributed by atoms with Gasteiger partial charge in [0, 0.05) is 19.7 Å². The summed E-state index contributed by atoms with van der Waals surface area (Å²) in [6.07, 6.45) is 6.05. The highest BCUT2D eigenvalue weighted by Crippen LogP contribution is 2.40. The summed E-state index contributed by atoms with van der Waals surface area (Å²) in [6.45, 7) is 13.3. The fourth-order valence-corrected chi connectivity index (χ4v) is 3.97. The zero-order valence-electron chi connectivity index (χ0n) is 14.5. The van der Waals surface area contributed by atoms with Crippen molar-refractivity contribution in [2.45, 2.75) is 72.0 Å². The van der Waals surface area contributed by atoms with Gasteiger partial charge in [-0.05, 0) is 55.9 Å². The summed E-state index contributed by atoms with van der Waals surface area (Å²) in [5.41, 5.74) is 0.365. The number of hydrogen-bond acceptors (Lipinski definition) is 3. The minimum Gasteiger partial charge on any atom is -0.393 e. The molecule has 4 unspecified atom stereocenters. The third kappa shape index (κ3) is 4.94. The molecular weight excluding hydrogens is 262 g/mol. The van der Waals surface area contributed by atoms with Gasteiger partial charge < -0.3 is 14.7 Å². The molecule has 1 heterocycles. The van der Waals surface area contributed by atoms with E-state index in [0.717, 1.165) is 38.6 Å². The van der Waals surface area contributed by atoms with Crippen LogP contribution in [-0.2, 0) is 4.74 Å². The standard InChI is InChI=1S/C18H35NO2/c1-5-19(13-16-7-6-10-21-16)12-14-11-15(18(2,3)4)8-9-17(14)20/h14-17,20H,5-13H2,1-4H3. The van der Waals surface area contributed by atoms with E-state index in [2.05, 4.69) is 32.6 Å². The minimum absolute atomic E-state index is 0.109. The maximum absolute atomic E-state index is 10.4. The first kappa shape index (κ1) is 17.2. The monoisotopic (exact) mass is 297 g/mol. The van der Waals surface area contributed by atoms with Gasteiger partial charge in [0.1, 0.15) is 0 Å². The lowest BCUT2D eigenvalue weighted by Gasteiger charge is -2.41. The summed E-state index contributed by atoms with van der Waals surface area (Å²) in [5.74, 6) is 1.18. The van der Waals surface area contributed by atoms with E-state index in [1.807, 2.05) is 0 Å². The van der Waals surface area contributed by atoms with Crippen LogP contribution in [0.3, 0.4) is 0 Å². The summed E-state index contributed by atoms with van der Waals surface area (Å²) >= 11 is 0. The Balaban J connectivity index is 1.88. The maximum Gasteiger partial charge on any atom is 0.0702 e. The van der Waals surface area contributed by atoms with E-state index < -0.39 is 0 Å². The topological polar surface area (TPSA) is 32.7 Å². The van der Waals surface area contributed by atoms with E-state index in [1.54, 1.807) is 0 Å². The maximum atomic E-state index is 10.4. The van der Waals surface area contributed by atoms with Crippen LogP contribution in [0.25, 0.3) is 0 Å². The molecule has 2 fully saturated rings. The van der Waals surface area contributed by atoms with E-state index in [-0.39, 0.29) is 6.10 Å². The minimum atomic E-state index is -0.109. The van der Waals surface area contributed by atoms with E-state index in [1.165, 1.54) is 25.7 Å². The van der Waals surface area contributed by atoms with Gasteiger partial charge in [0.05, 0.1) is 12.2 Å². The highest BCUT2D eigenvalue weighted by molar-refractivity contribution is 4.87. The van der Waals surface area contributed by atoms with Gasteiger partial charge in [-0.25, -0.2) is 0 Å². The number of rotatable bonds is 5. The Kier molecular flexibility index (Phi) is 6.10. The number of hydrogen-bond donors (Lipinski definition) is 1. The Morgan fingerprint density at radius 2 is 1.90 bits per heavy atom. The second kappa shape index (κ2) is 7.43. The average Bonchev–Trinajstić information content (AvgIpc) is 2.92. The number of likely N-dealkylation sites (N-methyl/N-ethyl adjacent to an activating group) is 1. The largest absolute Gasteiger partial charge is 0.393 e. The lowest BCUT2D eigenvalue weighted by atomic mass is 9.68. The normalized spacial score (nSPS) is 34.6. The first-order chi connectivity index (χ1) is 9.90. The fourth-order valence-electron chi connectivity index (χ4n) is 3.97. The molecule has 0 spiro atoms. The molecule has 1 saturated carbocycles. The van der Waals surface area contributed by atoms with Crippen molar-refractivity contribution in [3.05, 3.63) is 0 Å². The second-order valence-electron chi connectivity index (χ2n) is 8.19. The molecule has 0 bridgehead atoms. The Morgan fingerprint density at radius 1 is 1.14 bits per heavy atom. The van der Waals surface area contributed by atoms with Gasteiger partial charge in [-0.2, -0.15) is 0 Å². The molecule has 0 aromatic heterocycles. The Hall–Kier alpha value is -0.120. The SMILES string of the molecule is CCN(CC1CCCO1)CC1CC(C(C)(C)C)CCC1O. The fraction of sp³-hybridized carbons (Fsp3) is 1.00. The van der Waals surface area contributed by atoms with Crippen molar-refractivity contribution in [2.24, 2.45) is 17.3 Å². The zero-order valence-corrected chi connectivity index (χ0v) is 14.5. The average molecular weight is 297 g/mol. The number of aliphatic hydroxyl groups excluding tert-OH is 1. The Labute approximate surface area is 131 Å². The van der Waals surface area contributed by atoms with Crippen LogP contribution in [0.5, 0.6) is 0 Å². The number of ether oxygens (including phenoxy) is 1. The Morgan fingerprint density at radius 3 is 2.48 bits per heavy atom. The quantitative estimate of drug-likeness (QED) is 0.845. The van der Waals surface area contributed by atoms with Crippen LogP contribution in [0.4, 0.5) is 0 Å². The van der Waals surface area contributed by atoms with Gasteiger partial charge in [-0.15, -0.1) is 0 Å². The van der Waals surface area contributed by atoms with Crippen molar-refractivity contribution in [1.29, 1.82) is 0 Å². The van der Waals surface area contributed by atoms with Crippen LogP contribution >= 0.6 is 0 Å². The van der Waals surface area contributed by atoms with Crippen molar-refractivity contribution in [3.8, 4) is 0 Å². The molecule has 3 nitrogen and oxygen atoms in total. The molecule has 1 aliphatic carbocycles. The molecule has 124 valence electrons. The van der Waals surface area contributed by atoms with Gasteiger partial charge in [0.2, 0.25) is 0 Å². The predicted octanol–water partition coefficient (Wildman–Crippen LogP) is 3.31. The van der Waals surface area contributed by atoms with Crippen molar-refractivity contribution in [2.75, 3.05) is 26.2 Å².